The number of azide groups is 1. The quantitative estimate of drug-likeness (QED) is 0.107. The number of likely N-dealkylation sites (N-methyl/N-ethyl adjacent to an activating group) is 1. The molecule has 0 spiro atoms. The van der Waals surface area contributed by atoms with Gasteiger partial charge < -0.3 is 20.5 Å². The number of phenolic OH excluding ortho intramolecular Hbond substituents is 1. The number of carbonyl (C=O) groups is 3. The molecule has 2 aromatic carbocycles. The fraction of sp³-hybridized carbons (Fsp3) is 0.125. The number of benzene rings is 2. The normalized spacial score (nSPS) is 13.0. The topological polar surface area (TPSA) is 159 Å². The average molecular weight is 459 g/mol. The van der Waals surface area contributed by atoms with Gasteiger partial charge in [0.15, 0.2) is 17.3 Å². The lowest BCUT2D eigenvalue weighted by Crippen LogP contribution is -2.23. The number of allylic oxidation sites excluding steroid dienone is 4. The van der Waals surface area contributed by atoms with Gasteiger partial charge in [0.1, 0.15) is 5.75 Å². The fourth-order valence-corrected chi connectivity index (χ4v) is 3.38. The summed E-state index contributed by atoms with van der Waals surface area (Å²) in [6.07, 6.45) is 8.59. The lowest BCUT2D eigenvalue weighted by atomic mass is 9.81. The van der Waals surface area contributed by atoms with Crippen LogP contribution in [-0.4, -0.2) is 41.6 Å². The molecule has 0 saturated heterocycles. The number of hydrogen-bond donors (Lipinski definition) is 2. The zero-order valence-corrected chi connectivity index (χ0v) is 18.6. The Morgan fingerprint density at radius 3 is 2.53 bits per heavy atom. The minimum Gasteiger partial charge on any atom is -0.507 e. The molecular weight excluding hydrogens is 438 g/mol. The summed E-state index contributed by atoms with van der Waals surface area (Å²) >= 11 is 0. The molecule has 0 radical (unpaired) electrons. The van der Waals surface area contributed by atoms with Crippen LogP contribution >= 0.6 is 0 Å². The van der Waals surface area contributed by atoms with Crippen LogP contribution in [0, 0.1) is 0 Å². The Morgan fingerprint density at radius 1 is 1.18 bits per heavy atom. The molecule has 0 aliphatic heterocycles. The molecule has 34 heavy (non-hydrogen) atoms. The standard InChI is InChI=1S/C24H21N5O5/c1-4-5-6-14(29(2)3)9-10-34-18-12-17(30)19-20(21(18)25)22(31)15-8-7-13(24(33)27-28-26)11-16(15)23(19)32/h4-12,30H,25H2,1-3H3/b5-4-,10-9+,14-6+. The minimum atomic E-state index is -0.906. The lowest BCUT2D eigenvalue weighted by molar-refractivity contribution is 0.0975. The van der Waals surface area contributed by atoms with Crippen molar-refractivity contribution in [1.29, 1.82) is 0 Å². The number of nitrogens with zero attached hydrogens (tertiary/aromatic N) is 4. The van der Waals surface area contributed by atoms with Crippen molar-refractivity contribution >= 4 is 23.2 Å². The van der Waals surface area contributed by atoms with Gasteiger partial charge in [-0.05, 0) is 41.9 Å². The molecule has 0 unspecified atom stereocenters. The second-order valence-electron chi connectivity index (χ2n) is 7.40. The highest BCUT2D eigenvalue weighted by Gasteiger charge is 2.35. The Labute approximate surface area is 194 Å². The zero-order chi connectivity index (χ0) is 25.0. The van der Waals surface area contributed by atoms with Gasteiger partial charge >= 0.3 is 0 Å². The van der Waals surface area contributed by atoms with Crippen molar-refractivity contribution in [3.8, 4) is 11.5 Å². The predicted molar refractivity (Wildman–Crippen MR) is 126 cm³/mol. The van der Waals surface area contributed by atoms with Crippen molar-refractivity contribution in [2.45, 2.75) is 6.92 Å². The van der Waals surface area contributed by atoms with Gasteiger partial charge in [-0.25, -0.2) is 0 Å². The van der Waals surface area contributed by atoms with Gasteiger partial charge in [0.2, 0.25) is 5.91 Å². The van der Waals surface area contributed by atoms with Crippen LogP contribution in [0.3, 0.4) is 0 Å². The number of carbonyl (C=O) groups excluding carboxylic acids is 3. The Balaban J connectivity index is 2.03. The van der Waals surface area contributed by atoms with Gasteiger partial charge in [0.05, 0.1) is 23.1 Å². The highest BCUT2D eigenvalue weighted by Crippen LogP contribution is 2.41. The molecule has 1 aliphatic rings. The first-order valence-electron chi connectivity index (χ1n) is 10.0. The van der Waals surface area contributed by atoms with Crippen LogP contribution < -0.4 is 10.5 Å². The van der Waals surface area contributed by atoms with Crippen molar-refractivity contribution < 1.29 is 24.2 Å². The summed E-state index contributed by atoms with van der Waals surface area (Å²) < 4.78 is 5.58. The van der Waals surface area contributed by atoms with Crippen molar-refractivity contribution in [3.63, 3.8) is 0 Å². The third-order valence-corrected chi connectivity index (χ3v) is 5.06. The van der Waals surface area contributed by atoms with Crippen LogP contribution in [0.15, 0.2) is 65.6 Å². The van der Waals surface area contributed by atoms with Gasteiger partial charge in [-0.2, -0.15) is 0 Å². The maximum absolute atomic E-state index is 13.2. The monoisotopic (exact) mass is 459 g/mol. The molecule has 1 amide bonds. The molecule has 1 aliphatic carbocycles. The fourth-order valence-electron chi connectivity index (χ4n) is 3.38. The number of fused-ring (bicyclic) bond motifs is 2. The maximum atomic E-state index is 13.2. The summed E-state index contributed by atoms with van der Waals surface area (Å²) in [5, 5.41) is 13.5. The highest BCUT2D eigenvalue weighted by atomic mass is 16.5. The van der Waals surface area contributed by atoms with Crippen LogP contribution in [0.5, 0.6) is 11.5 Å². The van der Waals surface area contributed by atoms with E-state index in [1.807, 2.05) is 44.1 Å². The van der Waals surface area contributed by atoms with E-state index in [-0.39, 0.29) is 39.3 Å². The van der Waals surface area contributed by atoms with Gasteiger partial charge in [0, 0.05) is 47.5 Å². The Hall–Kier alpha value is -4.82. The lowest BCUT2D eigenvalue weighted by Gasteiger charge is -2.21. The van der Waals surface area contributed by atoms with Gasteiger partial charge in [-0.1, -0.05) is 18.2 Å². The summed E-state index contributed by atoms with van der Waals surface area (Å²) in [7, 11) is 3.71. The first kappa shape index (κ1) is 23.8. The summed E-state index contributed by atoms with van der Waals surface area (Å²) in [5.41, 5.74) is 14.7. The molecule has 0 saturated carbocycles. The average Bonchev–Trinajstić information content (AvgIpc) is 2.81. The van der Waals surface area contributed by atoms with Crippen LogP contribution in [0.2, 0.25) is 0 Å². The largest absolute Gasteiger partial charge is 0.507 e. The molecule has 0 fully saturated rings. The van der Waals surface area contributed by atoms with E-state index in [2.05, 4.69) is 10.0 Å². The zero-order valence-electron chi connectivity index (χ0n) is 18.6. The summed E-state index contributed by atoms with van der Waals surface area (Å²) in [6, 6.07) is 4.84. The van der Waals surface area contributed by atoms with Crippen LogP contribution in [0.4, 0.5) is 5.69 Å². The van der Waals surface area contributed by atoms with Gasteiger partial charge in [0.25, 0.3) is 0 Å². The van der Waals surface area contributed by atoms with E-state index < -0.39 is 23.2 Å². The number of amides is 1. The van der Waals surface area contributed by atoms with Crippen LogP contribution in [-0.2, 0) is 0 Å². The molecular formula is C24H21N5O5. The van der Waals surface area contributed by atoms with E-state index in [0.717, 1.165) is 17.8 Å². The number of rotatable bonds is 6. The number of nitrogen functional groups attached to an aromatic ring is 1. The number of ketones is 2. The third-order valence-electron chi connectivity index (χ3n) is 5.06. The molecule has 0 bridgehead atoms. The Kier molecular flexibility index (Phi) is 6.84. The second kappa shape index (κ2) is 9.76. The summed E-state index contributed by atoms with van der Waals surface area (Å²) in [5.74, 6) is -2.72. The molecule has 0 heterocycles. The molecule has 3 rings (SSSR count). The smallest absolute Gasteiger partial charge is 0.249 e. The van der Waals surface area contributed by atoms with Crippen LogP contribution in [0.1, 0.15) is 49.1 Å². The first-order valence-corrected chi connectivity index (χ1v) is 10.0. The van der Waals surface area contributed by atoms with E-state index in [1.165, 1.54) is 18.4 Å². The van der Waals surface area contributed by atoms with Gasteiger partial charge in [-0.3, -0.25) is 14.4 Å². The van der Waals surface area contributed by atoms with E-state index in [9.17, 15) is 19.5 Å². The number of aromatic hydroxyl groups is 1. The van der Waals surface area contributed by atoms with Gasteiger partial charge in [-0.15, -0.1) is 0 Å². The van der Waals surface area contributed by atoms with E-state index in [0.29, 0.717) is 0 Å². The number of phenols is 1. The van der Waals surface area contributed by atoms with Crippen molar-refractivity contribution in [2.24, 2.45) is 5.11 Å². The Bertz CT molecular complexity index is 1350. The van der Waals surface area contributed by atoms with Crippen LogP contribution in [0.25, 0.3) is 10.4 Å². The molecule has 2 aromatic rings. The second-order valence-corrected chi connectivity index (χ2v) is 7.40. The van der Waals surface area contributed by atoms with E-state index in [1.54, 1.807) is 6.08 Å². The number of hydrogen-bond acceptors (Lipinski definition) is 7. The van der Waals surface area contributed by atoms with Crippen molar-refractivity contribution in [2.75, 3.05) is 19.8 Å². The van der Waals surface area contributed by atoms with E-state index >= 15 is 0 Å². The summed E-state index contributed by atoms with van der Waals surface area (Å²) in [4.78, 5) is 42.4. The van der Waals surface area contributed by atoms with Crippen molar-refractivity contribution in [3.05, 3.63) is 98.8 Å². The number of anilines is 1. The number of nitrogens with two attached hydrogens (primary N) is 1. The summed E-state index contributed by atoms with van der Waals surface area (Å²) in [6.45, 7) is 1.88. The molecule has 10 heteroatoms. The van der Waals surface area contributed by atoms with E-state index in [4.69, 9.17) is 16.0 Å². The Morgan fingerprint density at radius 2 is 1.88 bits per heavy atom. The molecule has 172 valence electrons. The highest BCUT2D eigenvalue weighted by molar-refractivity contribution is 6.31. The predicted octanol–water partition coefficient (Wildman–Crippen LogP) is 4.11. The minimum absolute atomic E-state index is 0.00189. The molecule has 0 atom stereocenters. The third kappa shape index (κ3) is 4.38. The number of ether oxygens (including phenoxy) is 1. The molecule has 0 aromatic heterocycles. The SMILES string of the molecule is C\C=C/C=C(\C=C\Oc1cc(O)c2c(c1N)C(=O)c1ccc(C(=O)N=[N+]=[N-])cc1C2=O)N(C)C. The maximum Gasteiger partial charge on any atom is 0.249 e. The molecule has 3 N–H and O–H groups in total. The molecule has 10 nitrogen and oxygen atoms in total. The first-order chi connectivity index (χ1) is 16.2. The van der Waals surface area contributed by atoms with Crippen molar-refractivity contribution in [1.82, 2.24) is 4.90 Å².